The molecule has 102 valence electrons. The predicted octanol–water partition coefficient (Wildman–Crippen LogP) is 2.32. The number of H-pyrrole nitrogens is 1. The van der Waals surface area contributed by atoms with Gasteiger partial charge in [-0.3, -0.25) is 9.20 Å². The van der Waals surface area contributed by atoms with Crippen LogP contribution < -0.4 is 10.3 Å². The molecule has 0 radical (unpaired) electrons. The van der Waals surface area contributed by atoms with Gasteiger partial charge in [0.15, 0.2) is 5.82 Å². The quantitative estimate of drug-likeness (QED) is 0.776. The van der Waals surface area contributed by atoms with E-state index in [0.29, 0.717) is 11.3 Å². The summed E-state index contributed by atoms with van der Waals surface area (Å²) in [5.74, 6) is 1.40. The van der Waals surface area contributed by atoms with Crippen LogP contribution in [-0.2, 0) is 0 Å². The van der Waals surface area contributed by atoms with Crippen LogP contribution in [-0.4, -0.2) is 21.7 Å². The molecule has 0 bridgehead atoms. The summed E-state index contributed by atoms with van der Waals surface area (Å²) < 4.78 is 7.27. The number of methoxy groups -OCH3 is 1. The molecule has 1 aromatic carbocycles. The van der Waals surface area contributed by atoms with Crippen LogP contribution in [0.5, 0.6) is 5.75 Å². The molecule has 0 saturated carbocycles. The van der Waals surface area contributed by atoms with Gasteiger partial charge < -0.3 is 4.74 Å². The molecule has 3 rings (SSSR count). The van der Waals surface area contributed by atoms with Crippen molar-refractivity contribution in [1.82, 2.24) is 14.6 Å². The molecule has 5 nitrogen and oxygen atoms in total. The van der Waals surface area contributed by atoms with E-state index >= 15 is 0 Å². The number of nitrogens with one attached hydrogen (secondary N) is 1. The van der Waals surface area contributed by atoms with Gasteiger partial charge in [0.25, 0.3) is 5.56 Å². The molecular formula is C15H15N3O2. The molecule has 0 amide bonds. The summed E-state index contributed by atoms with van der Waals surface area (Å²) in [6.45, 7) is 3.95. The van der Waals surface area contributed by atoms with Gasteiger partial charge in [-0.25, -0.2) is 5.10 Å². The van der Waals surface area contributed by atoms with E-state index in [2.05, 4.69) is 10.2 Å². The highest BCUT2D eigenvalue weighted by Crippen LogP contribution is 2.29. The number of rotatable bonds is 2. The molecule has 1 N–H and O–H groups in total. The molecule has 3 aromatic rings. The summed E-state index contributed by atoms with van der Waals surface area (Å²) in [5.41, 5.74) is 3.29. The maximum absolute atomic E-state index is 11.8. The Bertz CT molecular complexity index is 846. The van der Waals surface area contributed by atoms with Gasteiger partial charge in [-0.05, 0) is 43.7 Å². The van der Waals surface area contributed by atoms with Crippen molar-refractivity contribution in [3.05, 3.63) is 51.9 Å². The lowest BCUT2D eigenvalue weighted by Crippen LogP contribution is -2.14. The Labute approximate surface area is 115 Å². The van der Waals surface area contributed by atoms with Crippen molar-refractivity contribution in [2.45, 2.75) is 13.8 Å². The molecule has 5 heteroatoms. The van der Waals surface area contributed by atoms with Crippen molar-refractivity contribution in [3.8, 4) is 17.1 Å². The van der Waals surface area contributed by atoms with Gasteiger partial charge in [0.05, 0.1) is 12.7 Å². The average molecular weight is 269 g/mol. The predicted molar refractivity (Wildman–Crippen MR) is 77.3 cm³/mol. The molecule has 0 fully saturated rings. The van der Waals surface area contributed by atoms with E-state index in [-0.39, 0.29) is 5.56 Å². The fourth-order valence-electron chi connectivity index (χ4n) is 2.37. The van der Waals surface area contributed by atoms with E-state index < -0.39 is 0 Å². The maximum Gasteiger partial charge on any atom is 0.288 e. The molecular weight excluding hydrogens is 254 g/mol. The Morgan fingerprint density at radius 1 is 1.20 bits per heavy atom. The third kappa shape index (κ3) is 1.79. The number of aryl methyl sites for hydroxylation is 2. The zero-order valence-electron chi connectivity index (χ0n) is 11.6. The monoisotopic (exact) mass is 269 g/mol. The standard InChI is InChI=1S/C15H15N3O2/c1-9-4-6-11(13(8-9)20-3)14-16-17-15(19)12-7-5-10(2)18(12)14/h4-8H,1-3H3,(H,17,19). The molecule has 0 spiro atoms. The second kappa shape index (κ2) is 4.52. The lowest BCUT2D eigenvalue weighted by atomic mass is 10.1. The Morgan fingerprint density at radius 2 is 2.00 bits per heavy atom. The second-order valence-corrected chi connectivity index (χ2v) is 4.78. The molecule has 2 aromatic heterocycles. The topological polar surface area (TPSA) is 59.4 Å². The van der Waals surface area contributed by atoms with Gasteiger partial charge in [0.1, 0.15) is 11.3 Å². The largest absolute Gasteiger partial charge is 0.496 e. The highest BCUT2D eigenvalue weighted by Gasteiger charge is 2.14. The van der Waals surface area contributed by atoms with E-state index in [0.717, 1.165) is 22.6 Å². The van der Waals surface area contributed by atoms with Gasteiger partial charge in [-0.1, -0.05) is 6.07 Å². The molecule has 0 saturated heterocycles. The first-order valence-corrected chi connectivity index (χ1v) is 6.33. The van der Waals surface area contributed by atoms with Gasteiger partial charge in [-0.2, -0.15) is 5.10 Å². The van der Waals surface area contributed by atoms with Crippen molar-refractivity contribution in [2.75, 3.05) is 7.11 Å². The first-order chi connectivity index (χ1) is 9.61. The van der Waals surface area contributed by atoms with Crippen LogP contribution in [0, 0.1) is 13.8 Å². The number of hydrogen-bond donors (Lipinski definition) is 1. The van der Waals surface area contributed by atoms with Gasteiger partial charge >= 0.3 is 0 Å². The van der Waals surface area contributed by atoms with Crippen molar-refractivity contribution in [1.29, 1.82) is 0 Å². The first-order valence-electron chi connectivity index (χ1n) is 6.33. The number of ether oxygens (including phenoxy) is 1. The fraction of sp³-hybridized carbons (Fsp3) is 0.200. The first kappa shape index (κ1) is 12.5. The number of nitrogens with zero attached hydrogens (tertiary/aromatic N) is 2. The van der Waals surface area contributed by atoms with Gasteiger partial charge in [-0.15, -0.1) is 0 Å². The van der Waals surface area contributed by atoms with Crippen molar-refractivity contribution >= 4 is 5.52 Å². The van der Waals surface area contributed by atoms with Crippen molar-refractivity contribution in [2.24, 2.45) is 0 Å². The van der Waals surface area contributed by atoms with Crippen LogP contribution in [0.25, 0.3) is 16.9 Å². The molecule has 0 unspecified atom stereocenters. The molecule has 2 heterocycles. The minimum atomic E-state index is -0.201. The zero-order valence-corrected chi connectivity index (χ0v) is 11.6. The van der Waals surface area contributed by atoms with Crippen LogP contribution in [0.3, 0.4) is 0 Å². The van der Waals surface area contributed by atoms with Crippen LogP contribution in [0.4, 0.5) is 0 Å². The van der Waals surface area contributed by atoms with Crippen molar-refractivity contribution < 1.29 is 4.74 Å². The summed E-state index contributed by atoms with van der Waals surface area (Å²) in [5, 5.41) is 6.73. The third-order valence-corrected chi connectivity index (χ3v) is 3.38. The number of fused-ring (bicyclic) bond motifs is 1. The Kier molecular flexibility index (Phi) is 2.82. The average Bonchev–Trinajstić information content (AvgIpc) is 2.83. The highest BCUT2D eigenvalue weighted by atomic mass is 16.5. The molecule has 0 aliphatic heterocycles. The van der Waals surface area contributed by atoms with Crippen molar-refractivity contribution in [3.63, 3.8) is 0 Å². The number of hydrogen-bond acceptors (Lipinski definition) is 3. The lowest BCUT2D eigenvalue weighted by Gasteiger charge is -2.11. The fourth-order valence-corrected chi connectivity index (χ4v) is 2.37. The Balaban J connectivity index is 2.38. The smallest absolute Gasteiger partial charge is 0.288 e. The number of aromatic nitrogens is 3. The number of benzene rings is 1. The van der Waals surface area contributed by atoms with Crippen LogP contribution in [0.15, 0.2) is 35.1 Å². The number of aromatic amines is 1. The van der Waals surface area contributed by atoms with E-state index in [9.17, 15) is 4.79 Å². The van der Waals surface area contributed by atoms with E-state index in [1.165, 1.54) is 0 Å². The van der Waals surface area contributed by atoms with Gasteiger partial charge in [0, 0.05) is 5.69 Å². The summed E-state index contributed by atoms with van der Waals surface area (Å²) in [4.78, 5) is 11.8. The minimum Gasteiger partial charge on any atom is -0.496 e. The van der Waals surface area contributed by atoms with Crippen LogP contribution in [0.2, 0.25) is 0 Å². The van der Waals surface area contributed by atoms with E-state index in [1.54, 1.807) is 13.2 Å². The zero-order chi connectivity index (χ0) is 14.3. The SMILES string of the molecule is COc1cc(C)ccc1-c1n[nH]c(=O)c2ccc(C)n12. The second-order valence-electron chi connectivity index (χ2n) is 4.78. The third-order valence-electron chi connectivity index (χ3n) is 3.38. The highest BCUT2D eigenvalue weighted by molar-refractivity contribution is 5.68. The summed E-state index contributed by atoms with van der Waals surface area (Å²) in [7, 11) is 1.63. The Morgan fingerprint density at radius 3 is 2.75 bits per heavy atom. The Hall–Kier alpha value is -2.56. The molecule has 0 atom stereocenters. The normalized spacial score (nSPS) is 10.9. The van der Waals surface area contributed by atoms with Gasteiger partial charge in [0.2, 0.25) is 0 Å². The summed E-state index contributed by atoms with van der Waals surface area (Å²) in [6.07, 6.45) is 0. The van der Waals surface area contributed by atoms with E-state index in [1.807, 2.05) is 42.5 Å². The van der Waals surface area contributed by atoms with Crippen LogP contribution >= 0.6 is 0 Å². The minimum absolute atomic E-state index is 0.201. The van der Waals surface area contributed by atoms with Crippen LogP contribution in [0.1, 0.15) is 11.3 Å². The van der Waals surface area contributed by atoms with E-state index in [4.69, 9.17) is 4.74 Å². The lowest BCUT2D eigenvalue weighted by molar-refractivity contribution is 0.415. The molecule has 0 aliphatic rings. The summed E-state index contributed by atoms with van der Waals surface area (Å²) in [6, 6.07) is 9.59. The maximum atomic E-state index is 11.8. The molecule has 0 aliphatic carbocycles. The summed E-state index contributed by atoms with van der Waals surface area (Å²) >= 11 is 0. The molecule has 20 heavy (non-hydrogen) atoms.